The van der Waals surface area contributed by atoms with Crippen molar-refractivity contribution in [1.82, 2.24) is 9.97 Å². The molecule has 4 aromatic rings. The van der Waals surface area contributed by atoms with E-state index in [1.807, 2.05) is 13.8 Å². The number of aryl methyl sites for hydroxylation is 2. The van der Waals surface area contributed by atoms with Crippen LogP contribution in [0.3, 0.4) is 0 Å². The number of pyridine rings is 1. The number of nitrogens with one attached hydrogen (secondary N) is 1. The zero-order valence-electron chi connectivity index (χ0n) is 26.4. The summed E-state index contributed by atoms with van der Waals surface area (Å²) in [6.07, 6.45) is -2.65. The Balaban J connectivity index is 0.00000190. The number of para-hydroxylation sites is 1. The predicted octanol–water partition coefficient (Wildman–Crippen LogP) is 8.90. The minimum atomic E-state index is -4.97. The van der Waals surface area contributed by atoms with Crippen molar-refractivity contribution in [1.29, 1.82) is 0 Å². The molecule has 252 valence electrons. The molecule has 0 atom stereocenters. The number of oxazole rings is 1. The molecule has 2 saturated carbocycles. The highest BCUT2D eigenvalue weighted by atomic mass is 19.4. The summed E-state index contributed by atoms with van der Waals surface area (Å²) in [4.78, 5) is 23.9. The molecule has 6 nitrogen and oxygen atoms in total. The van der Waals surface area contributed by atoms with Gasteiger partial charge in [-0.1, -0.05) is 19.9 Å². The summed E-state index contributed by atoms with van der Waals surface area (Å²) in [7, 11) is 0. The van der Waals surface area contributed by atoms with E-state index in [-0.39, 0.29) is 30.3 Å². The SMILES string of the molecule is CC.O=c1[nH]c2cccc(N(Cc3cc(C(F)(F)F)cc(C(F)(F)F)c3)Cc3cc4c(nc3N(CC3CC3)CC3CC3)CCC4)c2o1. The third-order valence-electron chi connectivity index (χ3n) is 8.91. The van der Waals surface area contributed by atoms with Crippen molar-refractivity contribution >= 4 is 22.6 Å². The van der Waals surface area contributed by atoms with E-state index in [9.17, 15) is 31.1 Å². The number of halogens is 6. The molecule has 2 aromatic heterocycles. The second-order valence-corrected chi connectivity index (χ2v) is 12.7. The number of benzene rings is 2. The van der Waals surface area contributed by atoms with Gasteiger partial charge in [0.05, 0.1) is 22.3 Å². The van der Waals surface area contributed by atoms with Gasteiger partial charge >= 0.3 is 18.1 Å². The number of H-pyrrole nitrogens is 1. The van der Waals surface area contributed by atoms with Gasteiger partial charge in [-0.25, -0.2) is 9.78 Å². The summed E-state index contributed by atoms with van der Waals surface area (Å²) in [5.41, 5.74) is 0.995. The van der Waals surface area contributed by atoms with Crippen LogP contribution in [0.1, 0.15) is 79.5 Å². The molecule has 3 aliphatic rings. The quantitative estimate of drug-likeness (QED) is 0.172. The fourth-order valence-electron chi connectivity index (χ4n) is 6.34. The lowest BCUT2D eigenvalue weighted by Gasteiger charge is -2.31. The maximum Gasteiger partial charge on any atom is 0.417 e. The highest BCUT2D eigenvalue weighted by Gasteiger charge is 2.37. The first-order chi connectivity index (χ1) is 22.4. The van der Waals surface area contributed by atoms with Gasteiger partial charge in [-0.3, -0.25) is 4.98 Å². The molecule has 0 amide bonds. The van der Waals surface area contributed by atoms with E-state index in [0.29, 0.717) is 23.0 Å². The third-order valence-corrected chi connectivity index (χ3v) is 8.91. The van der Waals surface area contributed by atoms with Crippen LogP contribution in [0.2, 0.25) is 0 Å². The van der Waals surface area contributed by atoms with Crippen molar-refractivity contribution < 1.29 is 30.8 Å². The van der Waals surface area contributed by atoms with Crippen LogP contribution in [0, 0.1) is 11.8 Å². The van der Waals surface area contributed by atoms with Gasteiger partial charge in [-0.2, -0.15) is 26.3 Å². The summed E-state index contributed by atoms with van der Waals surface area (Å²) in [6.45, 7) is 5.55. The van der Waals surface area contributed by atoms with E-state index in [2.05, 4.69) is 16.0 Å². The van der Waals surface area contributed by atoms with Crippen molar-refractivity contribution in [2.24, 2.45) is 11.8 Å². The molecule has 47 heavy (non-hydrogen) atoms. The molecule has 0 aliphatic heterocycles. The van der Waals surface area contributed by atoms with Gasteiger partial charge < -0.3 is 14.2 Å². The standard InChI is InChI=1S/C33H32F6N4O2.C2H6/c34-32(35,36)24-11-21(12-25(14-24)33(37,38)39)17-42(28-6-2-5-27-29(28)45-31(44)41-27)18-23-13-22-3-1-4-26(22)40-30(23)43(15-19-7-8-19)16-20-9-10-20;1-2/h2,5-6,11-14,19-20H,1,3-4,7-10,15-18H2,(H,41,44);1-2H3. The average Bonchev–Trinajstić information content (AvgIpc) is 3.94. The number of nitrogens with zero attached hydrogens (tertiary/aromatic N) is 3. The van der Waals surface area contributed by atoms with Gasteiger partial charge in [0.2, 0.25) is 0 Å². The topological polar surface area (TPSA) is 65.4 Å². The lowest BCUT2D eigenvalue weighted by Crippen LogP contribution is -2.32. The second-order valence-electron chi connectivity index (χ2n) is 12.7. The molecule has 7 rings (SSSR count). The Morgan fingerprint density at radius 2 is 1.49 bits per heavy atom. The largest absolute Gasteiger partial charge is 0.417 e. The smallest absolute Gasteiger partial charge is 0.406 e. The zero-order valence-corrected chi connectivity index (χ0v) is 26.4. The van der Waals surface area contributed by atoms with Crippen LogP contribution in [0.25, 0.3) is 11.1 Å². The molecule has 2 heterocycles. The van der Waals surface area contributed by atoms with Crippen LogP contribution >= 0.6 is 0 Å². The number of aromatic nitrogens is 2. The summed E-state index contributed by atoms with van der Waals surface area (Å²) in [5.74, 6) is 1.27. The number of anilines is 2. The molecule has 3 aliphatic carbocycles. The fraction of sp³-hybridized carbons (Fsp3) is 0.486. The summed E-state index contributed by atoms with van der Waals surface area (Å²) >= 11 is 0. The maximum absolute atomic E-state index is 13.8. The number of hydrogen-bond donors (Lipinski definition) is 1. The molecular formula is C35H38F6N4O2. The molecule has 1 N–H and O–H groups in total. The molecule has 2 fully saturated rings. The normalized spacial score (nSPS) is 16.2. The van der Waals surface area contributed by atoms with Gasteiger partial charge in [0.15, 0.2) is 5.58 Å². The molecular weight excluding hydrogens is 622 g/mol. The first-order valence-electron chi connectivity index (χ1n) is 16.3. The Labute approximate surface area is 268 Å². The Bertz CT molecular complexity index is 1740. The van der Waals surface area contributed by atoms with Crippen LogP contribution < -0.4 is 15.6 Å². The highest BCUT2D eigenvalue weighted by Crippen LogP contribution is 2.40. The van der Waals surface area contributed by atoms with Gasteiger partial charge in [0.1, 0.15) is 5.82 Å². The maximum atomic E-state index is 13.8. The minimum Gasteiger partial charge on any atom is -0.406 e. The summed E-state index contributed by atoms with van der Waals surface area (Å²) in [5, 5.41) is 0. The Morgan fingerprint density at radius 1 is 0.851 bits per heavy atom. The lowest BCUT2D eigenvalue weighted by molar-refractivity contribution is -0.143. The van der Waals surface area contributed by atoms with Crippen LogP contribution in [0.4, 0.5) is 37.8 Å². The molecule has 0 saturated heterocycles. The number of fused-ring (bicyclic) bond motifs is 2. The fourth-order valence-corrected chi connectivity index (χ4v) is 6.34. The molecule has 0 radical (unpaired) electrons. The van der Waals surface area contributed by atoms with Crippen molar-refractivity contribution in [2.75, 3.05) is 22.9 Å². The van der Waals surface area contributed by atoms with Gasteiger partial charge in [0, 0.05) is 37.4 Å². The third kappa shape index (κ3) is 7.62. The Kier molecular flexibility index (Phi) is 9.06. The average molecular weight is 661 g/mol. The molecule has 0 spiro atoms. The van der Waals surface area contributed by atoms with Crippen molar-refractivity contribution in [2.45, 2.75) is 84.2 Å². The predicted molar refractivity (Wildman–Crippen MR) is 168 cm³/mol. The van der Waals surface area contributed by atoms with Gasteiger partial charge in [0.25, 0.3) is 0 Å². The Hall–Kier alpha value is -3.96. The first-order valence-corrected chi connectivity index (χ1v) is 16.3. The highest BCUT2D eigenvalue weighted by molar-refractivity contribution is 5.86. The van der Waals surface area contributed by atoms with E-state index in [1.54, 1.807) is 23.1 Å². The number of aromatic amines is 1. The monoisotopic (exact) mass is 660 g/mol. The van der Waals surface area contributed by atoms with Crippen LogP contribution in [0.15, 0.2) is 51.7 Å². The van der Waals surface area contributed by atoms with Gasteiger partial charge in [-0.15, -0.1) is 0 Å². The van der Waals surface area contributed by atoms with Crippen LogP contribution in [-0.2, 0) is 38.3 Å². The van der Waals surface area contributed by atoms with Crippen LogP contribution in [-0.4, -0.2) is 23.1 Å². The minimum absolute atomic E-state index is 0.132. The summed E-state index contributed by atoms with van der Waals surface area (Å²) < 4.78 is 88.2. The molecule has 2 aromatic carbocycles. The molecule has 0 unspecified atom stereocenters. The van der Waals surface area contributed by atoms with Crippen molar-refractivity contribution in [3.05, 3.63) is 86.5 Å². The van der Waals surface area contributed by atoms with Crippen LogP contribution in [0.5, 0.6) is 0 Å². The number of rotatable bonds is 10. The number of hydrogen-bond acceptors (Lipinski definition) is 5. The number of alkyl halides is 6. The van der Waals surface area contributed by atoms with Crippen molar-refractivity contribution in [3.63, 3.8) is 0 Å². The van der Waals surface area contributed by atoms with E-state index >= 15 is 0 Å². The summed E-state index contributed by atoms with van der Waals surface area (Å²) in [6, 6.07) is 8.69. The lowest BCUT2D eigenvalue weighted by atomic mass is 10.0. The molecule has 0 bridgehead atoms. The molecule has 12 heteroatoms. The van der Waals surface area contributed by atoms with Crippen molar-refractivity contribution in [3.8, 4) is 0 Å². The zero-order chi connectivity index (χ0) is 33.5. The first kappa shape index (κ1) is 33.0. The Morgan fingerprint density at radius 3 is 2.09 bits per heavy atom. The van der Waals surface area contributed by atoms with E-state index in [4.69, 9.17) is 9.40 Å². The second kappa shape index (κ2) is 12.9. The van der Waals surface area contributed by atoms with Gasteiger partial charge in [-0.05, 0) is 104 Å². The van der Waals surface area contributed by atoms with E-state index < -0.39 is 29.2 Å². The van der Waals surface area contributed by atoms with E-state index in [0.717, 1.165) is 92.8 Å². The van der Waals surface area contributed by atoms with E-state index in [1.165, 1.54) is 0 Å².